The lowest BCUT2D eigenvalue weighted by Gasteiger charge is -1.98. The summed E-state index contributed by atoms with van der Waals surface area (Å²) in [7, 11) is 0. The molecule has 1 aromatic carbocycles. The maximum atomic E-state index is 10.9. The van der Waals surface area contributed by atoms with Crippen LogP contribution in [-0.4, -0.2) is 9.97 Å². The minimum Gasteiger partial charge on any atom is -0.408 e. The fourth-order valence-corrected chi connectivity index (χ4v) is 1.65. The van der Waals surface area contributed by atoms with Crippen molar-refractivity contribution in [3.63, 3.8) is 0 Å². The Morgan fingerprint density at radius 1 is 1.25 bits per heavy atom. The zero-order valence-corrected chi connectivity index (χ0v) is 8.31. The van der Waals surface area contributed by atoms with Gasteiger partial charge in [0.2, 0.25) is 0 Å². The van der Waals surface area contributed by atoms with E-state index in [0.717, 1.165) is 16.5 Å². The summed E-state index contributed by atoms with van der Waals surface area (Å²) < 4.78 is 4.98. The van der Waals surface area contributed by atoms with Crippen molar-refractivity contribution in [2.24, 2.45) is 0 Å². The van der Waals surface area contributed by atoms with Crippen molar-refractivity contribution in [3.8, 4) is 11.3 Å². The maximum Gasteiger partial charge on any atom is 0.416 e. The van der Waals surface area contributed by atoms with Crippen LogP contribution in [0.25, 0.3) is 22.2 Å². The van der Waals surface area contributed by atoms with Crippen LogP contribution in [0.3, 0.4) is 0 Å². The highest BCUT2D eigenvalue weighted by molar-refractivity contribution is 5.82. The molecule has 0 unspecified atom stereocenters. The number of H-pyrrole nitrogens is 1. The zero-order chi connectivity index (χ0) is 11.0. The molecule has 0 spiro atoms. The molecule has 0 saturated heterocycles. The van der Waals surface area contributed by atoms with Crippen LogP contribution in [0.4, 0.5) is 0 Å². The minimum absolute atomic E-state index is 0.448. The number of fused-ring (bicyclic) bond motifs is 1. The van der Waals surface area contributed by atoms with Crippen LogP contribution >= 0.6 is 0 Å². The van der Waals surface area contributed by atoms with E-state index in [1.54, 1.807) is 12.4 Å². The summed E-state index contributed by atoms with van der Waals surface area (Å²) in [6.07, 6.45) is 3.28. The molecule has 4 nitrogen and oxygen atoms in total. The van der Waals surface area contributed by atoms with Crippen molar-refractivity contribution < 1.29 is 4.42 Å². The molecular formula is C12H8N2O2. The number of aromatic nitrogens is 2. The van der Waals surface area contributed by atoms with Gasteiger partial charge in [0.05, 0.1) is 11.7 Å². The predicted octanol–water partition coefficient (Wildman–Crippen LogP) is 2.18. The van der Waals surface area contributed by atoms with Crippen molar-refractivity contribution in [1.29, 1.82) is 0 Å². The molecule has 3 rings (SSSR count). The number of nitrogens with one attached hydrogen (secondary N) is 1. The summed E-state index contributed by atoms with van der Waals surface area (Å²) in [6.45, 7) is 0. The molecule has 0 amide bonds. The molecule has 2 aromatic heterocycles. The number of nitrogens with zero attached hydrogens (tertiary/aromatic N) is 1. The summed E-state index contributed by atoms with van der Waals surface area (Å²) >= 11 is 0. The Morgan fingerprint density at radius 2 is 2.19 bits per heavy atom. The predicted molar refractivity (Wildman–Crippen MR) is 60.1 cm³/mol. The van der Waals surface area contributed by atoms with Gasteiger partial charge in [0, 0.05) is 17.1 Å². The molecule has 0 radical (unpaired) electrons. The zero-order valence-electron chi connectivity index (χ0n) is 8.31. The summed E-state index contributed by atoms with van der Waals surface area (Å²) in [6, 6.07) is 9.61. The van der Waals surface area contributed by atoms with Crippen LogP contribution in [-0.2, 0) is 0 Å². The molecule has 1 N–H and O–H groups in total. The number of benzene rings is 1. The molecule has 0 saturated carbocycles. The van der Waals surface area contributed by atoms with Crippen LogP contribution in [0.2, 0.25) is 0 Å². The summed E-state index contributed by atoms with van der Waals surface area (Å²) in [5.74, 6) is 0.0775. The van der Waals surface area contributed by atoms with Crippen LogP contribution in [0.15, 0.2) is 51.9 Å². The molecule has 0 bridgehead atoms. The molecule has 3 aromatic rings. The van der Waals surface area contributed by atoms with Gasteiger partial charge in [0.25, 0.3) is 0 Å². The lowest BCUT2D eigenvalue weighted by Crippen LogP contribution is -1.92. The van der Waals surface area contributed by atoms with Gasteiger partial charge in [-0.3, -0.25) is 9.97 Å². The van der Waals surface area contributed by atoms with E-state index in [1.807, 2.05) is 30.3 Å². The van der Waals surface area contributed by atoms with Crippen LogP contribution in [0, 0.1) is 0 Å². The van der Waals surface area contributed by atoms with E-state index in [-0.39, 0.29) is 0 Å². The largest absolute Gasteiger partial charge is 0.416 e. The number of oxazole rings is 1. The first-order chi connectivity index (χ1) is 7.83. The van der Waals surface area contributed by atoms with Crippen LogP contribution in [0.5, 0.6) is 0 Å². The Balaban J connectivity index is 2.22. The molecule has 0 aliphatic rings. The SMILES string of the molecule is O=c1[nH]cc(-c2ccc3cccnc3c2)o1. The fraction of sp³-hybridized carbons (Fsp3) is 0. The Labute approximate surface area is 90.6 Å². The van der Waals surface area contributed by atoms with E-state index in [1.165, 1.54) is 0 Å². The third-order valence-electron chi connectivity index (χ3n) is 2.41. The van der Waals surface area contributed by atoms with Crippen molar-refractivity contribution >= 4 is 10.9 Å². The van der Waals surface area contributed by atoms with Crippen molar-refractivity contribution in [2.75, 3.05) is 0 Å². The average molecular weight is 212 g/mol. The molecule has 0 aliphatic heterocycles. The van der Waals surface area contributed by atoms with Crippen molar-refractivity contribution in [3.05, 3.63) is 53.3 Å². The van der Waals surface area contributed by atoms with E-state index < -0.39 is 5.76 Å². The van der Waals surface area contributed by atoms with Gasteiger partial charge in [-0.15, -0.1) is 0 Å². The Morgan fingerprint density at radius 3 is 3.00 bits per heavy atom. The van der Waals surface area contributed by atoms with E-state index in [4.69, 9.17) is 4.42 Å². The lowest BCUT2D eigenvalue weighted by atomic mass is 10.1. The minimum atomic E-state index is -0.448. The first-order valence-corrected chi connectivity index (χ1v) is 4.86. The fourth-order valence-electron chi connectivity index (χ4n) is 1.65. The second-order valence-electron chi connectivity index (χ2n) is 3.45. The first-order valence-electron chi connectivity index (χ1n) is 4.86. The smallest absolute Gasteiger partial charge is 0.408 e. The topological polar surface area (TPSA) is 58.9 Å². The van der Waals surface area contributed by atoms with Crippen molar-refractivity contribution in [1.82, 2.24) is 9.97 Å². The van der Waals surface area contributed by atoms with Gasteiger partial charge in [-0.1, -0.05) is 18.2 Å². The van der Waals surface area contributed by atoms with Gasteiger partial charge in [-0.05, 0) is 12.1 Å². The number of hydrogen-bond donors (Lipinski definition) is 1. The second kappa shape index (κ2) is 3.34. The van der Waals surface area contributed by atoms with Gasteiger partial charge >= 0.3 is 5.76 Å². The third-order valence-corrected chi connectivity index (χ3v) is 2.41. The molecule has 0 atom stereocenters. The Kier molecular flexibility index (Phi) is 1.86. The highest BCUT2D eigenvalue weighted by Gasteiger charge is 2.04. The van der Waals surface area contributed by atoms with E-state index in [9.17, 15) is 4.79 Å². The highest BCUT2D eigenvalue weighted by atomic mass is 16.4. The first kappa shape index (κ1) is 8.91. The summed E-state index contributed by atoms with van der Waals surface area (Å²) in [5, 5.41) is 1.06. The molecule has 78 valence electrons. The van der Waals surface area contributed by atoms with Gasteiger partial charge in [-0.2, -0.15) is 0 Å². The molecule has 16 heavy (non-hydrogen) atoms. The van der Waals surface area contributed by atoms with E-state index in [2.05, 4.69) is 9.97 Å². The number of hydrogen-bond acceptors (Lipinski definition) is 3. The third kappa shape index (κ3) is 1.40. The normalized spacial score (nSPS) is 10.8. The average Bonchev–Trinajstić information content (AvgIpc) is 2.75. The number of aromatic amines is 1. The summed E-state index contributed by atoms with van der Waals surface area (Å²) in [5.41, 5.74) is 1.72. The quantitative estimate of drug-likeness (QED) is 0.672. The Hall–Kier alpha value is -2.36. The standard InChI is InChI=1S/C12H8N2O2/c15-12-14-7-11(16-12)9-4-3-8-2-1-5-13-10(8)6-9/h1-7H,(H,14,15). The monoisotopic (exact) mass is 212 g/mol. The Bertz CT molecular complexity index is 697. The van der Waals surface area contributed by atoms with Crippen LogP contribution < -0.4 is 5.76 Å². The lowest BCUT2D eigenvalue weighted by molar-refractivity contribution is 0.528. The maximum absolute atomic E-state index is 10.9. The van der Waals surface area contributed by atoms with Gasteiger partial charge in [0.1, 0.15) is 0 Å². The molecule has 0 fully saturated rings. The molecule has 2 heterocycles. The number of pyridine rings is 1. The molecular weight excluding hydrogens is 204 g/mol. The van der Waals surface area contributed by atoms with E-state index in [0.29, 0.717) is 5.76 Å². The van der Waals surface area contributed by atoms with Gasteiger partial charge < -0.3 is 4.42 Å². The van der Waals surface area contributed by atoms with Crippen molar-refractivity contribution in [2.45, 2.75) is 0 Å². The van der Waals surface area contributed by atoms with Gasteiger partial charge in [-0.25, -0.2) is 4.79 Å². The summed E-state index contributed by atoms with van der Waals surface area (Å²) in [4.78, 5) is 17.6. The molecule has 4 heteroatoms. The number of rotatable bonds is 1. The van der Waals surface area contributed by atoms with E-state index >= 15 is 0 Å². The van der Waals surface area contributed by atoms with Crippen LogP contribution in [0.1, 0.15) is 0 Å². The van der Waals surface area contributed by atoms with Gasteiger partial charge in [0.15, 0.2) is 5.76 Å². The highest BCUT2D eigenvalue weighted by Crippen LogP contribution is 2.21. The second-order valence-corrected chi connectivity index (χ2v) is 3.45. The molecule has 0 aliphatic carbocycles.